The van der Waals surface area contributed by atoms with E-state index in [0.29, 0.717) is 0 Å². The molecule has 0 atom stereocenters. The van der Waals surface area contributed by atoms with Crippen LogP contribution in [-0.2, 0) is 0 Å². The van der Waals surface area contributed by atoms with E-state index in [4.69, 9.17) is 0 Å². The average molecular weight is 206 g/mol. The summed E-state index contributed by atoms with van der Waals surface area (Å²) < 4.78 is 1.85. The molecule has 0 radical (unpaired) electrons. The van der Waals surface area contributed by atoms with Gasteiger partial charge in [-0.2, -0.15) is 5.10 Å². The number of carbonyl (C=O) groups excluding carboxylic acids is 1. The number of aromatic nitrogens is 2. The Morgan fingerprint density at radius 2 is 2.21 bits per heavy atom. The largest absolute Gasteiger partial charge is 0.297 e. The second kappa shape index (κ2) is 3.38. The molecule has 0 amide bonds. The van der Waals surface area contributed by atoms with Gasteiger partial charge >= 0.3 is 0 Å². The van der Waals surface area contributed by atoms with E-state index in [1.165, 1.54) is 11.3 Å². The Kier molecular flexibility index (Phi) is 2.21. The lowest BCUT2D eigenvalue weighted by Crippen LogP contribution is -1.96. The lowest BCUT2D eigenvalue weighted by Gasteiger charge is -1.98. The molecule has 0 aromatic carbocycles. The van der Waals surface area contributed by atoms with Crippen molar-refractivity contribution < 1.29 is 4.79 Å². The van der Waals surface area contributed by atoms with E-state index in [1.54, 1.807) is 0 Å². The lowest BCUT2D eigenvalue weighted by molar-refractivity contribution is 0.112. The Morgan fingerprint density at radius 1 is 1.43 bits per heavy atom. The maximum absolute atomic E-state index is 10.5. The molecule has 0 spiro atoms. The van der Waals surface area contributed by atoms with Gasteiger partial charge in [0, 0.05) is 11.1 Å². The van der Waals surface area contributed by atoms with Gasteiger partial charge in [0.15, 0.2) is 6.29 Å². The third kappa shape index (κ3) is 1.48. The molecular formula is C10H10N2OS. The molecular weight excluding hydrogens is 196 g/mol. The molecule has 0 N–H and O–H groups in total. The van der Waals surface area contributed by atoms with Crippen LogP contribution in [0.2, 0.25) is 0 Å². The van der Waals surface area contributed by atoms with Crippen molar-refractivity contribution in [2.24, 2.45) is 0 Å². The Labute approximate surface area is 86.0 Å². The fourth-order valence-electron chi connectivity index (χ4n) is 1.41. The maximum atomic E-state index is 10.5. The summed E-state index contributed by atoms with van der Waals surface area (Å²) in [6.45, 7) is 3.95. The zero-order chi connectivity index (χ0) is 10.1. The van der Waals surface area contributed by atoms with Crippen LogP contribution in [0.15, 0.2) is 17.5 Å². The Bertz CT molecular complexity index is 470. The smallest absolute Gasteiger partial charge is 0.160 e. The van der Waals surface area contributed by atoms with Crippen molar-refractivity contribution in [3.63, 3.8) is 0 Å². The summed E-state index contributed by atoms with van der Waals surface area (Å²) >= 11 is 1.43. The van der Waals surface area contributed by atoms with E-state index in [0.717, 1.165) is 28.2 Å². The predicted octanol–water partition coefficient (Wildman–Crippen LogP) is 2.36. The molecule has 2 aromatic rings. The van der Waals surface area contributed by atoms with Gasteiger partial charge in [0.1, 0.15) is 0 Å². The zero-order valence-electron chi connectivity index (χ0n) is 8.02. The highest BCUT2D eigenvalue weighted by Crippen LogP contribution is 2.18. The quantitative estimate of drug-likeness (QED) is 0.707. The van der Waals surface area contributed by atoms with E-state index in [1.807, 2.05) is 36.0 Å². The van der Waals surface area contributed by atoms with Crippen LogP contribution in [0.3, 0.4) is 0 Å². The predicted molar refractivity (Wildman–Crippen MR) is 56.3 cm³/mol. The zero-order valence-corrected chi connectivity index (χ0v) is 8.84. The second-order valence-corrected chi connectivity index (χ2v) is 4.11. The third-order valence-electron chi connectivity index (χ3n) is 1.98. The first-order valence-electron chi connectivity index (χ1n) is 4.28. The molecule has 0 unspecified atom stereocenters. The SMILES string of the molecule is Cc1cc(C)n(-c2csc(C=O)c2)n1. The summed E-state index contributed by atoms with van der Waals surface area (Å²) in [5.74, 6) is 0. The first-order valence-corrected chi connectivity index (χ1v) is 5.16. The Hall–Kier alpha value is -1.42. The molecule has 4 heteroatoms. The highest BCUT2D eigenvalue weighted by atomic mass is 32.1. The molecule has 0 aliphatic rings. The van der Waals surface area contributed by atoms with E-state index < -0.39 is 0 Å². The number of hydrogen-bond donors (Lipinski definition) is 0. The van der Waals surface area contributed by atoms with Crippen molar-refractivity contribution >= 4 is 17.6 Å². The first kappa shape index (κ1) is 9.15. The number of carbonyl (C=O) groups is 1. The molecule has 3 nitrogen and oxygen atoms in total. The normalized spacial score (nSPS) is 10.4. The number of hydrogen-bond acceptors (Lipinski definition) is 3. The lowest BCUT2D eigenvalue weighted by atomic mass is 10.4. The van der Waals surface area contributed by atoms with Crippen molar-refractivity contribution in [1.82, 2.24) is 9.78 Å². The minimum absolute atomic E-state index is 0.729. The van der Waals surface area contributed by atoms with Crippen LogP contribution in [0.5, 0.6) is 0 Å². The van der Waals surface area contributed by atoms with Gasteiger partial charge in [-0.1, -0.05) is 0 Å². The molecule has 0 aliphatic heterocycles. The van der Waals surface area contributed by atoms with E-state index >= 15 is 0 Å². The number of thiophene rings is 1. The minimum atomic E-state index is 0.729. The average Bonchev–Trinajstić information content (AvgIpc) is 2.71. The summed E-state index contributed by atoms with van der Waals surface area (Å²) in [7, 11) is 0. The Balaban J connectivity index is 2.48. The third-order valence-corrected chi connectivity index (χ3v) is 2.82. The van der Waals surface area contributed by atoms with E-state index in [9.17, 15) is 4.79 Å². The monoisotopic (exact) mass is 206 g/mol. The van der Waals surface area contributed by atoms with Crippen LogP contribution in [0.1, 0.15) is 21.1 Å². The van der Waals surface area contributed by atoms with Crippen molar-refractivity contribution in [3.8, 4) is 5.69 Å². The molecule has 2 aromatic heterocycles. The van der Waals surface area contributed by atoms with Gasteiger partial charge in [0.2, 0.25) is 0 Å². The van der Waals surface area contributed by atoms with Crippen molar-refractivity contribution in [1.29, 1.82) is 0 Å². The minimum Gasteiger partial charge on any atom is -0.297 e. The summed E-state index contributed by atoms with van der Waals surface area (Å²) in [5, 5.41) is 6.27. The summed E-state index contributed by atoms with van der Waals surface area (Å²) in [6.07, 6.45) is 0.861. The number of aryl methyl sites for hydroxylation is 2. The summed E-state index contributed by atoms with van der Waals surface area (Å²) in [6, 6.07) is 3.86. The molecule has 72 valence electrons. The van der Waals surface area contributed by atoms with Gasteiger partial charge in [0.05, 0.1) is 16.3 Å². The number of aldehydes is 1. The fraction of sp³-hybridized carbons (Fsp3) is 0.200. The molecule has 0 bridgehead atoms. The van der Waals surface area contributed by atoms with Gasteiger partial charge in [-0.3, -0.25) is 4.79 Å². The van der Waals surface area contributed by atoms with Gasteiger partial charge in [0.25, 0.3) is 0 Å². The maximum Gasteiger partial charge on any atom is 0.160 e. The van der Waals surface area contributed by atoms with Crippen LogP contribution in [0.25, 0.3) is 5.69 Å². The summed E-state index contributed by atoms with van der Waals surface area (Å²) in [4.78, 5) is 11.3. The highest BCUT2D eigenvalue weighted by molar-refractivity contribution is 7.12. The van der Waals surface area contributed by atoms with Crippen LogP contribution in [0, 0.1) is 13.8 Å². The van der Waals surface area contributed by atoms with Crippen molar-refractivity contribution in [2.75, 3.05) is 0 Å². The first-order chi connectivity index (χ1) is 6.70. The van der Waals surface area contributed by atoms with Gasteiger partial charge < -0.3 is 0 Å². The summed E-state index contributed by atoms with van der Waals surface area (Å²) in [5.41, 5.74) is 3.03. The molecule has 0 fully saturated rings. The molecule has 14 heavy (non-hydrogen) atoms. The fourth-order valence-corrected chi connectivity index (χ4v) is 2.07. The second-order valence-electron chi connectivity index (χ2n) is 3.16. The molecule has 0 aliphatic carbocycles. The van der Waals surface area contributed by atoms with Crippen LogP contribution < -0.4 is 0 Å². The van der Waals surface area contributed by atoms with Gasteiger partial charge in [-0.25, -0.2) is 4.68 Å². The molecule has 2 heterocycles. The van der Waals surface area contributed by atoms with Gasteiger partial charge in [-0.15, -0.1) is 11.3 Å². The number of rotatable bonds is 2. The van der Waals surface area contributed by atoms with Crippen LogP contribution in [-0.4, -0.2) is 16.1 Å². The number of nitrogens with zero attached hydrogens (tertiary/aromatic N) is 2. The molecule has 2 rings (SSSR count). The Morgan fingerprint density at radius 3 is 2.71 bits per heavy atom. The highest BCUT2D eigenvalue weighted by Gasteiger charge is 2.05. The molecule has 0 saturated carbocycles. The molecule has 0 saturated heterocycles. The van der Waals surface area contributed by atoms with Gasteiger partial charge in [-0.05, 0) is 26.0 Å². The van der Waals surface area contributed by atoms with Crippen molar-refractivity contribution in [2.45, 2.75) is 13.8 Å². The van der Waals surface area contributed by atoms with Crippen LogP contribution >= 0.6 is 11.3 Å². The van der Waals surface area contributed by atoms with Crippen molar-refractivity contribution in [3.05, 3.63) is 33.8 Å². The standard InChI is InChI=1S/C10H10N2OS/c1-7-3-8(2)12(11-7)9-4-10(5-13)14-6-9/h3-6H,1-2H3. The topological polar surface area (TPSA) is 34.9 Å². The van der Waals surface area contributed by atoms with E-state index in [-0.39, 0.29) is 0 Å². The van der Waals surface area contributed by atoms with Crippen LogP contribution in [0.4, 0.5) is 0 Å². The van der Waals surface area contributed by atoms with E-state index in [2.05, 4.69) is 5.10 Å².